The van der Waals surface area contributed by atoms with E-state index >= 15 is 0 Å². The molecule has 0 spiro atoms. The van der Waals surface area contributed by atoms with E-state index in [0.29, 0.717) is 5.41 Å². The molecule has 1 rings (SSSR count). The Kier molecular flexibility index (Phi) is 6.36. The van der Waals surface area contributed by atoms with Crippen molar-refractivity contribution in [1.82, 2.24) is 5.32 Å². The smallest absolute Gasteiger partial charge is 0.0158 e. The van der Waals surface area contributed by atoms with Crippen molar-refractivity contribution >= 4 is 11.8 Å². The zero-order valence-electron chi connectivity index (χ0n) is 12.4. The maximum atomic E-state index is 3.86. The summed E-state index contributed by atoms with van der Waals surface area (Å²) in [6.45, 7) is 9.49. The van der Waals surface area contributed by atoms with E-state index in [1.54, 1.807) is 0 Å². The molecule has 1 nitrogen and oxygen atoms in total. The minimum absolute atomic E-state index is 0.508. The van der Waals surface area contributed by atoms with Gasteiger partial charge in [-0.15, -0.1) is 0 Å². The monoisotopic (exact) mass is 257 g/mol. The van der Waals surface area contributed by atoms with Crippen molar-refractivity contribution in [3.8, 4) is 0 Å². The van der Waals surface area contributed by atoms with Crippen LogP contribution in [-0.2, 0) is 0 Å². The Morgan fingerprint density at radius 1 is 1.18 bits per heavy atom. The van der Waals surface area contributed by atoms with Crippen molar-refractivity contribution in [3.63, 3.8) is 0 Å². The van der Waals surface area contributed by atoms with Crippen LogP contribution in [0.1, 0.15) is 59.8 Å². The van der Waals surface area contributed by atoms with E-state index in [1.165, 1.54) is 37.9 Å². The molecular formula is C15H31NS. The first kappa shape index (κ1) is 15.4. The first-order valence-corrected chi connectivity index (χ1v) is 8.61. The van der Waals surface area contributed by atoms with Gasteiger partial charge >= 0.3 is 0 Å². The van der Waals surface area contributed by atoms with Crippen LogP contribution in [-0.4, -0.2) is 24.1 Å². The first-order chi connectivity index (χ1) is 7.97. The number of rotatable bonds is 5. The summed E-state index contributed by atoms with van der Waals surface area (Å²) in [4.78, 5) is 0. The number of thioether (sulfide) groups is 1. The molecule has 0 amide bonds. The Labute approximate surface area is 113 Å². The van der Waals surface area contributed by atoms with Gasteiger partial charge in [0, 0.05) is 17.8 Å². The van der Waals surface area contributed by atoms with Crippen molar-refractivity contribution in [3.05, 3.63) is 0 Å². The zero-order chi connectivity index (χ0) is 12.9. The minimum atomic E-state index is 0.508. The van der Waals surface area contributed by atoms with Crippen LogP contribution in [0, 0.1) is 11.3 Å². The lowest BCUT2D eigenvalue weighted by Gasteiger charge is -2.38. The molecule has 0 aromatic rings. The lowest BCUT2D eigenvalue weighted by molar-refractivity contribution is 0.157. The second-order valence-corrected chi connectivity index (χ2v) is 7.55. The Morgan fingerprint density at radius 3 is 2.18 bits per heavy atom. The third kappa shape index (κ3) is 5.21. The highest BCUT2D eigenvalue weighted by molar-refractivity contribution is 7.98. The van der Waals surface area contributed by atoms with Gasteiger partial charge in [0.2, 0.25) is 0 Å². The third-order valence-corrected chi connectivity index (χ3v) is 5.02. The highest BCUT2D eigenvalue weighted by Gasteiger charge is 2.30. The molecule has 0 radical (unpaired) electrons. The van der Waals surface area contributed by atoms with Crippen molar-refractivity contribution in [1.29, 1.82) is 0 Å². The molecule has 102 valence electrons. The highest BCUT2D eigenvalue weighted by atomic mass is 32.2. The number of nitrogens with one attached hydrogen (secondary N) is 1. The summed E-state index contributed by atoms with van der Waals surface area (Å²) >= 11 is 1.97. The molecule has 0 heterocycles. The van der Waals surface area contributed by atoms with Crippen molar-refractivity contribution in [2.45, 2.75) is 71.9 Å². The summed E-state index contributed by atoms with van der Waals surface area (Å²) < 4.78 is 0. The molecule has 1 fully saturated rings. The molecular weight excluding hydrogens is 226 g/mol. The van der Waals surface area contributed by atoms with Gasteiger partial charge < -0.3 is 5.32 Å². The van der Waals surface area contributed by atoms with E-state index in [-0.39, 0.29) is 0 Å². The Bertz CT molecular complexity index is 201. The van der Waals surface area contributed by atoms with Crippen LogP contribution in [0.3, 0.4) is 0 Å². The van der Waals surface area contributed by atoms with Gasteiger partial charge in [0.25, 0.3) is 0 Å². The highest BCUT2D eigenvalue weighted by Crippen LogP contribution is 2.37. The lowest BCUT2D eigenvalue weighted by Crippen LogP contribution is -2.42. The second-order valence-electron chi connectivity index (χ2n) is 6.64. The maximum Gasteiger partial charge on any atom is 0.0158 e. The maximum absolute atomic E-state index is 3.86. The van der Waals surface area contributed by atoms with Gasteiger partial charge in [-0.25, -0.2) is 0 Å². The van der Waals surface area contributed by atoms with E-state index < -0.39 is 0 Å². The molecule has 0 aromatic carbocycles. The average Bonchev–Trinajstić information content (AvgIpc) is 2.28. The van der Waals surface area contributed by atoms with Crippen LogP contribution >= 0.6 is 11.8 Å². The molecule has 1 aliphatic carbocycles. The Morgan fingerprint density at radius 2 is 1.76 bits per heavy atom. The summed E-state index contributed by atoms with van der Waals surface area (Å²) in [5, 5.41) is 3.86. The van der Waals surface area contributed by atoms with Gasteiger partial charge in [-0.1, -0.05) is 27.7 Å². The Hall–Kier alpha value is 0.310. The van der Waals surface area contributed by atoms with Gasteiger partial charge in [-0.3, -0.25) is 0 Å². The summed E-state index contributed by atoms with van der Waals surface area (Å²) in [7, 11) is 0. The summed E-state index contributed by atoms with van der Waals surface area (Å²) in [5.41, 5.74) is 0.508. The molecule has 2 heteroatoms. The van der Waals surface area contributed by atoms with E-state index in [4.69, 9.17) is 0 Å². The van der Waals surface area contributed by atoms with E-state index in [9.17, 15) is 0 Å². The van der Waals surface area contributed by atoms with Crippen LogP contribution in [0.25, 0.3) is 0 Å². The van der Waals surface area contributed by atoms with Gasteiger partial charge in [0.1, 0.15) is 0 Å². The topological polar surface area (TPSA) is 12.0 Å². The fourth-order valence-corrected chi connectivity index (χ4v) is 3.68. The molecule has 1 unspecified atom stereocenters. The molecule has 0 bridgehead atoms. The molecule has 0 aliphatic heterocycles. The minimum Gasteiger partial charge on any atom is -0.310 e. The van der Waals surface area contributed by atoms with Crippen LogP contribution in [0.4, 0.5) is 0 Å². The molecule has 1 atom stereocenters. The van der Waals surface area contributed by atoms with Crippen molar-refractivity contribution < 1.29 is 0 Å². The fraction of sp³-hybridized carbons (Fsp3) is 1.00. The van der Waals surface area contributed by atoms with Crippen LogP contribution < -0.4 is 5.32 Å². The molecule has 1 N–H and O–H groups in total. The van der Waals surface area contributed by atoms with Crippen LogP contribution in [0.2, 0.25) is 0 Å². The van der Waals surface area contributed by atoms with Gasteiger partial charge in [0.05, 0.1) is 0 Å². The first-order valence-electron chi connectivity index (χ1n) is 7.22. The predicted molar refractivity (Wildman–Crippen MR) is 80.8 cm³/mol. The van der Waals surface area contributed by atoms with Gasteiger partial charge in [-0.2, -0.15) is 11.8 Å². The summed E-state index contributed by atoms with van der Waals surface area (Å²) in [5.74, 6) is 2.19. The predicted octanol–water partition coefficient (Wildman–Crippen LogP) is 4.32. The third-order valence-electron chi connectivity index (χ3n) is 4.28. The van der Waals surface area contributed by atoms with Gasteiger partial charge in [-0.05, 0) is 49.7 Å². The van der Waals surface area contributed by atoms with Crippen LogP contribution in [0.15, 0.2) is 0 Å². The quantitative estimate of drug-likeness (QED) is 0.787. The Balaban J connectivity index is 2.31. The van der Waals surface area contributed by atoms with Gasteiger partial charge in [0.15, 0.2) is 0 Å². The molecule has 0 saturated heterocycles. The van der Waals surface area contributed by atoms with Crippen LogP contribution in [0.5, 0.6) is 0 Å². The van der Waals surface area contributed by atoms with E-state index in [0.717, 1.165) is 18.0 Å². The van der Waals surface area contributed by atoms with Crippen molar-refractivity contribution in [2.75, 3.05) is 12.0 Å². The number of hydrogen-bond acceptors (Lipinski definition) is 2. The van der Waals surface area contributed by atoms with E-state index in [1.807, 2.05) is 11.8 Å². The fourth-order valence-electron chi connectivity index (χ4n) is 2.94. The standard InChI is InChI=1S/C15H31NS/c1-6-13(11-17-5)16-14-9-7-12(8-10-14)15(2,3)4/h12-14,16H,6-11H2,1-5H3. The molecule has 0 aromatic heterocycles. The largest absolute Gasteiger partial charge is 0.310 e. The number of hydrogen-bond donors (Lipinski definition) is 1. The molecule has 1 aliphatic rings. The zero-order valence-corrected chi connectivity index (χ0v) is 13.2. The average molecular weight is 257 g/mol. The second kappa shape index (κ2) is 7.04. The molecule has 1 saturated carbocycles. The lowest BCUT2D eigenvalue weighted by atomic mass is 9.71. The SMILES string of the molecule is CCC(CSC)NC1CCC(C(C)(C)C)CC1. The summed E-state index contributed by atoms with van der Waals surface area (Å²) in [6, 6.07) is 1.51. The van der Waals surface area contributed by atoms with E-state index in [2.05, 4.69) is 39.3 Å². The summed E-state index contributed by atoms with van der Waals surface area (Å²) in [6.07, 6.45) is 9.06. The normalized spacial score (nSPS) is 28.1. The van der Waals surface area contributed by atoms with Crippen molar-refractivity contribution in [2.24, 2.45) is 11.3 Å². The molecule has 17 heavy (non-hydrogen) atoms.